The number of benzene rings is 2. The molecule has 1 aromatic heterocycles. The zero-order valence-electron chi connectivity index (χ0n) is 19.0. The Kier molecular flexibility index (Phi) is 6.91. The maximum Gasteiger partial charge on any atom is 0.227 e. The van der Waals surface area contributed by atoms with Crippen molar-refractivity contribution in [2.45, 2.75) is 25.7 Å². The third-order valence-corrected chi connectivity index (χ3v) is 5.47. The Balaban J connectivity index is 1.35. The van der Waals surface area contributed by atoms with E-state index in [0.29, 0.717) is 28.6 Å². The minimum absolute atomic E-state index is 0.00584. The van der Waals surface area contributed by atoms with Crippen molar-refractivity contribution in [2.24, 2.45) is 5.92 Å². The summed E-state index contributed by atoms with van der Waals surface area (Å²) in [6, 6.07) is 12.4. The second-order valence-corrected chi connectivity index (χ2v) is 8.02. The monoisotopic (exact) mass is 462 g/mol. The second kappa shape index (κ2) is 10.2. The predicted molar refractivity (Wildman–Crippen MR) is 129 cm³/mol. The summed E-state index contributed by atoms with van der Waals surface area (Å²) in [4.78, 5) is 41.2. The largest absolute Gasteiger partial charge is 0.494 e. The topological polar surface area (TPSA) is 119 Å². The number of ether oxygens (including phenoxy) is 2. The molecule has 0 saturated heterocycles. The third-order valence-electron chi connectivity index (χ3n) is 5.47. The molecule has 2 aromatic carbocycles. The molecule has 9 heteroatoms. The Morgan fingerprint density at radius 1 is 0.882 bits per heavy atom. The van der Waals surface area contributed by atoms with E-state index in [0.717, 1.165) is 23.7 Å². The molecule has 0 aliphatic heterocycles. The number of nitrogens with one attached hydrogen (secondary N) is 3. The van der Waals surface area contributed by atoms with Crippen molar-refractivity contribution < 1.29 is 23.9 Å². The molecule has 0 spiro atoms. The smallest absolute Gasteiger partial charge is 0.227 e. The molecule has 3 aromatic rings. The SMILES string of the molecule is COc1cc(NC(=O)C2CC2)c(OC)cc1NC(=O)CCC(=O)Nc1ccc2ncccc2c1. The van der Waals surface area contributed by atoms with Crippen molar-refractivity contribution in [1.29, 1.82) is 0 Å². The molecule has 3 N–H and O–H groups in total. The van der Waals surface area contributed by atoms with Crippen molar-refractivity contribution in [3.8, 4) is 11.5 Å². The maximum absolute atomic E-state index is 12.5. The summed E-state index contributed by atoms with van der Waals surface area (Å²) in [5.74, 6) is 0.107. The van der Waals surface area contributed by atoms with Gasteiger partial charge >= 0.3 is 0 Å². The fourth-order valence-electron chi connectivity index (χ4n) is 3.49. The van der Waals surface area contributed by atoms with Crippen molar-refractivity contribution in [3.05, 3.63) is 48.7 Å². The molecular formula is C25H26N4O5. The molecule has 3 amide bonds. The van der Waals surface area contributed by atoms with Crippen LogP contribution in [-0.2, 0) is 14.4 Å². The van der Waals surface area contributed by atoms with Crippen molar-refractivity contribution in [2.75, 3.05) is 30.2 Å². The number of amides is 3. The van der Waals surface area contributed by atoms with Crippen LogP contribution in [0.15, 0.2) is 48.7 Å². The minimum atomic E-state index is -0.354. The lowest BCUT2D eigenvalue weighted by molar-refractivity contribution is -0.121. The van der Waals surface area contributed by atoms with E-state index in [1.807, 2.05) is 24.3 Å². The van der Waals surface area contributed by atoms with Gasteiger partial charge in [0.1, 0.15) is 11.5 Å². The standard InChI is InChI=1S/C25H26N4O5/c1-33-21-14-20(29-25(32)15-5-6-15)22(34-2)13-19(21)28-24(31)10-9-23(30)27-17-7-8-18-16(12-17)4-3-11-26-18/h3-4,7-8,11-15H,5-6,9-10H2,1-2H3,(H,27,30)(H,28,31)(H,29,32). The number of anilines is 3. The van der Waals surface area contributed by atoms with E-state index < -0.39 is 0 Å². The summed E-state index contributed by atoms with van der Waals surface area (Å²) in [6.07, 6.45) is 3.45. The van der Waals surface area contributed by atoms with Gasteiger partial charge in [-0.05, 0) is 37.1 Å². The number of carbonyl (C=O) groups is 3. The number of fused-ring (bicyclic) bond motifs is 1. The van der Waals surface area contributed by atoms with Gasteiger partial charge in [-0.15, -0.1) is 0 Å². The van der Waals surface area contributed by atoms with Crippen LogP contribution in [0.2, 0.25) is 0 Å². The number of rotatable bonds is 9. The number of carbonyl (C=O) groups excluding carboxylic acids is 3. The summed E-state index contributed by atoms with van der Waals surface area (Å²) in [6.45, 7) is 0. The molecule has 34 heavy (non-hydrogen) atoms. The number of hydrogen-bond donors (Lipinski definition) is 3. The first-order valence-electron chi connectivity index (χ1n) is 11.0. The van der Waals surface area contributed by atoms with Crippen LogP contribution in [0.1, 0.15) is 25.7 Å². The van der Waals surface area contributed by atoms with E-state index in [2.05, 4.69) is 20.9 Å². The second-order valence-electron chi connectivity index (χ2n) is 8.02. The highest BCUT2D eigenvalue weighted by molar-refractivity contribution is 6.00. The fraction of sp³-hybridized carbons (Fsp3) is 0.280. The van der Waals surface area contributed by atoms with Crippen molar-refractivity contribution in [3.63, 3.8) is 0 Å². The van der Waals surface area contributed by atoms with Crippen LogP contribution in [0, 0.1) is 5.92 Å². The van der Waals surface area contributed by atoms with Crippen LogP contribution in [0.25, 0.3) is 10.9 Å². The van der Waals surface area contributed by atoms with Crippen LogP contribution in [0.4, 0.5) is 17.1 Å². The fourth-order valence-corrected chi connectivity index (χ4v) is 3.49. The molecule has 1 aliphatic rings. The number of nitrogens with zero attached hydrogens (tertiary/aromatic N) is 1. The van der Waals surface area contributed by atoms with Gasteiger partial charge < -0.3 is 25.4 Å². The van der Waals surface area contributed by atoms with E-state index in [1.54, 1.807) is 24.4 Å². The Labute approximate surface area is 196 Å². The van der Waals surface area contributed by atoms with Crippen LogP contribution < -0.4 is 25.4 Å². The van der Waals surface area contributed by atoms with Gasteiger partial charge in [-0.25, -0.2) is 0 Å². The first kappa shape index (κ1) is 23.0. The van der Waals surface area contributed by atoms with Crippen LogP contribution >= 0.6 is 0 Å². The zero-order chi connectivity index (χ0) is 24.1. The summed E-state index contributed by atoms with van der Waals surface area (Å²) in [5.41, 5.74) is 2.33. The summed E-state index contributed by atoms with van der Waals surface area (Å²) >= 11 is 0. The average Bonchev–Trinajstić information content (AvgIpc) is 3.69. The van der Waals surface area contributed by atoms with Crippen molar-refractivity contribution >= 4 is 45.7 Å². The number of aromatic nitrogens is 1. The lowest BCUT2D eigenvalue weighted by atomic mass is 10.2. The molecule has 1 fully saturated rings. The quantitative estimate of drug-likeness (QED) is 0.443. The van der Waals surface area contributed by atoms with Crippen LogP contribution in [0.5, 0.6) is 11.5 Å². The molecule has 1 aliphatic carbocycles. The zero-order valence-corrected chi connectivity index (χ0v) is 19.0. The van der Waals surface area contributed by atoms with Gasteiger partial charge in [0.2, 0.25) is 17.7 Å². The highest BCUT2D eigenvalue weighted by atomic mass is 16.5. The van der Waals surface area contributed by atoms with Gasteiger partial charge in [-0.2, -0.15) is 0 Å². The molecule has 1 heterocycles. The van der Waals surface area contributed by atoms with Gasteiger partial charge in [0, 0.05) is 48.2 Å². The molecule has 0 atom stereocenters. The summed E-state index contributed by atoms with van der Waals surface area (Å²) in [5, 5.41) is 9.30. The Hall–Kier alpha value is -4.14. The van der Waals surface area contributed by atoms with Crippen LogP contribution in [0.3, 0.4) is 0 Å². The van der Waals surface area contributed by atoms with Gasteiger partial charge in [0.05, 0.1) is 31.1 Å². The van der Waals surface area contributed by atoms with Gasteiger partial charge in [-0.3, -0.25) is 19.4 Å². The molecule has 176 valence electrons. The molecular weight excluding hydrogens is 436 g/mol. The van der Waals surface area contributed by atoms with Gasteiger partial charge in [0.25, 0.3) is 0 Å². The minimum Gasteiger partial charge on any atom is -0.494 e. The Morgan fingerprint density at radius 3 is 2.18 bits per heavy atom. The van der Waals surface area contributed by atoms with Gasteiger partial charge in [-0.1, -0.05) is 6.07 Å². The average molecular weight is 463 g/mol. The Morgan fingerprint density at radius 2 is 1.53 bits per heavy atom. The highest BCUT2D eigenvalue weighted by Crippen LogP contribution is 2.38. The first-order chi connectivity index (χ1) is 16.5. The summed E-state index contributed by atoms with van der Waals surface area (Å²) in [7, 11) is 2.95. The van der Waals surface area contributed by atoms with E-state index in [4.69, 9.17) is 9.47 Å². The normalized spacial score (nSPS) is 12.6. The third kappa shape index (κ3) is 5.61. The Bertz CT molecular complexity index is 1240. The number of pyridine rings is 1. The van der Waals surface area contributed by atoms with E-state index in [1.165, 1.54) is 14.2 Å². The van der Waals surface area contributed by atoms with Crippen LogP contribution in [-0.4, -0.2) is 36.9 Å². The molecule has 0 radical (unpaired) electrons. The predicted octanol–water partition coefficient (Wildman–Crippen LogP) is 3.96. The number of hydrogen-bond acceptors (Lipinski definition) is 6. The number of methoxy groups -OCH3 is 2. The maximum atomic E-state index is 12.5. The molecule has 0 bridgehead atoms. The molecule has 1 saturated carbocycles. The lowest BCUT2D eigenvalue weighted by Gasteiger charge is -2.16. The molecule has 9 nitrogen and oxygen atoms in total. The van der Waals surface area contributed by atoms with Crippen molar-refractivity contribution in [1.82, 2.24) is 4.98 Å². The van der Waals surface area contributed by atoms with Gasteiger partial charge in [0.15, 0.2) is 0 Å². The van der Waals surface area contributed by atoms with E-state index >= 15 is 0 Å². The van der Waals surface area contributed by atoms with E-state index in [9.17, 15) is 14.4 Å². The lowest BCUT2D eigenvalue weighted by Crippen LogP contribution is -2.18. The summed E-state index contributed by atoms with van der Waals surface area (Å²) < 4.78 is 10.8. The molecule has 4 rings (SSSR count). The first-order valence-corrected chi connectivity index (χ1v) is 11.0. The highest BCUT2D eigenvalue weighted by Gasteiger charge is 2.30. The molecule has 0 unspecified atom stereocenters. The van der Waals surface area contributed by atoms with E-state index in [-0.39, 0.29) is 36.5 Å².